The molecule has 0 N–H and O–H groups in total. The van der Waals surface area contributed by atoms with Gasteiger partial charge in [0.05, 0.1) is 26.2 Å². The van der Waals surface area contributed by atoms with E-state index < -0.39 is 52.4 Å². The van der Waals surface area contributed by atoms with Gasteiger partial charge in [0.1, 0.15) is 27.6 Å². The van der Waals surface area contributed by atoms with Gasteiger partial charge >= 0.3 is 10.3 Å². The van der Waals surface area contributed by atoms with Crippen LogP contribution in [0, 0.1) is 11.3 Å². The predicted octanol–water partition coefficient (Wildman–Crippen LogP) is 6.38. The van der Waals surface area contributed by atoms with E-state index in [2.05, 4.69) is 0 Å². The summed E-state index contributed by atoms with van der Waals surface area (Å²) < 4.78 is 73.8. The summed E-state index contributed by atoms with van der Waals surface area (Å²) in [6, 6.07) is 2.63. The van der Waals surface area contributed by atoms with Gasteiger partial charge in [0.2, 0.25) is 0 Å². The summed E-state index contributed by atoms with van der Waals surface area (Å²) >= 11 is 19.5. The van der Waals surface area contributed by atoms with Crippen molar-refractivity contribution in [1.82, 2.24) is 4.57 Å². The van der Waals surface area contributed by atoms with Crippen LogP contribution in [-0.4, -0.2) is 12.9 Å². The molecule has 0 saturated carbocycles. The zero-order chi connectivity index (χ0) is 20.0. The van der Waals surface area contributed by atoms with Crippen LogP contribution < -0.4 is 0 Å². The molecule has 1 aromatic heterocycles. The summed E-state index contributed by atoms with van der Waals surface area (Å²) in [7, 11) is -3.02. The lowest BCUT2D eigenvalue weighted by molar-refractivity contribution is -0.137. The lowest BCUT2D eigenvalue weighted by Crippen LogP contribution is -2.14. The Labute approximate surface area is 168 Å². The first kappa shape index (κ1) is 21.4. The van der Waals surface area contributed by atoms with E-state index in [1.54, 1.807) is 0 Å². The SMILES string of the molecule is N#Cc1c(S(=O)C(F)(F)Br)cn(-c2c(Cl)cc(C(F)(F)F)cc2Cl)c1Cl. The Kier molecular flexibility index (Phi) is 6.00. The lowest BCUT2D eigenvalue weighted by Gasteiger charge is -2.14. The summed E-state index contributed by atoms with van der Waals surface area (Å²) in [5.74, 6) is 0. The molecule has 0 radical (unpaired) electrons. The topological polar surface area (TPSA) is 45.8 Å². The molecule has 0 bridgehead atoms. The fourth-order valence-electron chi connectivity index (χ4n) is 1.95. The van der Waals surface area contributed by atoms with Crippen LogP contribution in [0.1, 0.15) is 11.1 Å². The van der Waals surface area contributed by atoms with Crippen LogP contribution in [0.5, 0.6) is 0 Å². The van der Waals surface area contributed by atoms with E-state index in [-0.39, 0.29) is 5.69 Å². The molecule has 2 aromatic rings. The second-order valence-electron chi connectivity index (χ2n) is 4.64. The average Bonchev–Trinajstić information content (AvgIpc) is 2.80. The van der Waals surface area contributed by atoms with Crippen LogP contribution in [0.4, 0.5) is 22.0 Å². The van der Waals surface area contributed by atoms with E-state index >= 15 is 0 Å². The smallest absolute Gasteiger partial charge is 0.302 e. The zero-order valence-corrected chi connectivity index (χ0v) is 16.5. The van der Waals surface area contributed by atoms with Crippen molar-refractivity contribution in [2.24, 2.45) is 0 Å². The van der Waals surface area contributed by atoms with Crippen molar-refractivity contribution in [1.29, 1.82) is 5.26 Å². The van der Waals surface area contributed by atoms with Crippen molar-refractivity contribution in [3.05, 3.63) is 44.7 Å². The van der Waals surface area contributed by atoms with E-state index in [0.29, 0.717) is 12.1 Å². The van der Waals surface area contributed by atoms with Gasteiger partial charge in [0, 0.05) is 22.1 Å². The third-order valence-corrected chi connectivity index (χ3v) is 5.98. The van der Waals surface area contributed by atoms with Gasteiger partial charge in [-0.15, -0.1) is 0 Å². The number of nitrogens with zero attached hydrogens (tertiary/aromatic N) is 2. The lowest BCUT2D eigenvalue weighted by atomic mass is 10.2. The van der Waals surface area contributed by atoms with Crippen molar-refractivity contribution in [2.45, 2.75) is 15.2 Å². The first-order chi connectivity index (χ1) is 11.8. The standard InChI is InChI=1S/C13H3BrCl3F5N2OS/c14-13(21,22)26(25)9-4-24(11(17)6(9)3-23)10-7(15)1-5(2-8(10)16)12(18,19)20/h1-2,4H. The number of halogens is 9. The Morgan fingerprint density at radius 2 is 1.62 bits per heavy atom. The molecule has 0 amide bonds. The molecule has 1 heterocycles. The Morgan fingerprint density at radius 1 is 1.12 bits per heavy atom. The van der Waals surface area contributed by atoms with E-state index in [1.165, 1.54) is 6.07 Å². The van der Waals surface area contributed by atoms with Crippen LogP contribution in [0.3, 0.4) is 0 Å². The molecule has 1 aromatic carbocycles. The molecular weight excluding hydrogens is 513 g/mol. The highest BCUT2D eigenvalue weighted by molar-refractivity contribution is 9.11. The minimum Gasteiger partial charge on any atom is -0.302 e. The van der Waals surface area contributed by atoms with E-state index in [4.69, 9.17) is 40.1 Å². The van der Waals surface area contributed by atoms with Crippen LogP contribution in [0.25, 0.3) is 5.69 Å². The highest BCUT2D eigenvalue weighted by Crippen LogP contribution is 2.41. The van der Waals surface area contributed by atoms with Crippen molar-refractivity contribution in [2.75, 3.05) is 0 Å². The molecule has 13 heteroatoms. The molecular formula is C13H3BrCl3F5N2OS. The van der Waals surface area contributed by atoms with Gasteiger partial charge in [-0.1, -0.05) is 34.8 Å². The first-order valence-corrected chi connectivity index (χ1v) is 9.22. The van der Waals surface area contributed by atoms with Crippen molar-refractivity contribution < 1.29 is 26.2 Å². The summed E-state index contributed by atoms with van der Waals surface area (Å²) in [4.78, 5) is -0.647. The van der Waals surface area contributed by atoms with Crippen molar-refractivity contribution >= 4 is 61.5 Å². The van der Waals surface area contributed by atoms with E-state index in [9.17, 15) is 26.2 Å². The Hall–Kier alpha value is -0.860. The number of rotatable bonds is 3. The maximum atomic E-state index is 13.3. The van der Waals surface area contributed by atoms with E-state index in [1.807, 2.05) is 15.9 Å². The molecule has 0 fully saturated rings. The molecule has 140 valence electrons. The van der Waals surface area contributed by atoms with Crippen LogP contribution in [-0.2, 0) is 17.0 Å². The highest BCUT2D eigenvalue weighted by atomic mass is 79.9. The molecule has 26 heavy (non-hydrogen) atoms. The molecule has 3 nitrogen and oxygen atoms in total. The van der Waals surface area contributed by atoms with Crippen LogP contribution in [0.2, 0.25) is 15.2 Å². The molecule has 1 atom stereocenters. The first-order valence-electron chi connectivity index (χ1n) is 6.15. The zero-order valence-electron chi connectivity index (χ0n) is 11.8. The van der Waals surface area contributed by atoms with Gasteiger partial charge in [0.25, 0.3) is 0 Å². The second kappa shape index (κ2) is 7.28. The molecule has 2 rings (SSSR count). The van der Waals surface area contributed by atoms with E-state index in [0.717, 1.165) is 10.8 Å². The van der Waals surface area contributed by atoms with Crippen LogP contribution >= 0.6 is 50.7 Å². The molecule has 0 saturated heterocycles. The van der Waals surface area contributed by atoms with Crippen LogP contribution in [0.15, 0.2) is 23.2 Å². The normalized spacial score (nSPS) is 13.5. The van der Waals surface area contributed by atoms with Gasteiger partial charge in [-0.3, -0.25) is 0 Å². The number of aromatic nitrogens is 1. The quantitative estimate of drug-likeness (QED) is 0.351. The van der Waals surface area contributed by atoms with Gasteiger partial charge in [-0.2, -0.15) is 27.2 Å². The third kappa shape index (κ3) is 4.02. The van der Waals surface area contributed by atoms with Gasteiger partial charge in [-0.25, -0.2) is 4.21 Å². The average molecular weight is 517 g/mol. The predicted molar refractivity (Wildman–Crippen MR) is 90.8 cm³/mol. The third-order valence-electron chi connectivity index (χ3n) is 3.02. The summed E-state index contributed by atoms with van der Waals surface area (Å²) in [5.41, 5.74) is -1.99. The molecule has 0 aliphatic heterocycles. The van der Waals surface area contributed by atoms with Gasteiger partial charge in [0.15, 0.2) is 0 Å². The highest BCUT2D eigenvalue weighted by Gasteiger charge is 2.38. The molecule has 0 aliphatic rings. The van der Waals surface area contributed by atoms with Gasteiger partial charge in [-0.05, 0) is 12.1 Å². The Balaban J connectivity index is 2.74. The fourth-order valence-corrected chi connectivity index (χ4v) is 4.25. The van der Waals surface area contributed by atoms with Gasteiger partial charge < -0.3 is 4.57 Å². The Morgan fingerprint density at radius 3 is 2.00 bits per heavy atom. The van der Waals surface area contributed by atoms with Crippen molar-refractivity contribution in [3.63, 3.8) is 0 Å². The minimum absolute atomic E-state index is 0.288. The molecule has 0 aliphatic carbocycles. The number of hydrogen-bond donors (Lipinski definition) is 0. The Bertz CT molecular complexity index is 926. The number of hydrogen-bond acceptors (Lipinski definition) is 2. The monoisotopic (exact) mass is 514 g/mol. The molecule has 1 unspecified atom stereocenters. The van der Waals surface area contributed by atoms with Crippen molar-refractivity contribution in [3.8, 4) is 11.8 Å². The maximum Gasteiger partial charge on any atom is 0.416 e. The minimum atomic E-state index is -4.73. The maximum absolute atomic E-state index is 13.3. The fraction of sp³-hybridized carbons (Fsp3) is 0.154. The molecule has 0 spiro atoms. The second-order valence-corrected chi connectivity index (χ2v) is 8.82. The largest absolute Gasteiger partial charge is 0.416 e. The summed E-state index contributed by atoms with van der Waals surface area (Å²) in [5, 5.41) is 7.61. The summed E-state index contributed by atoms with van der Waals surface area (Å²) in [6.45, 7) is 0. The number of benzene rings is 1. The number of alkyl halides is 6. The number of nitriles is 1. The summed E-state index contributed by atoms with van der Waals surface area (Å²) in [6.07, 6.45) is -3.93.